The zero-order chi connectivity index (χ0) is 25.5. The van der Waals surface area contributed by atoms with Gasteiger partial charge in [0.1, 0.15) is 4.88 Å². The highest BCUT2D eigenvalue weighted by Crippen LogP contribution is 2.28. The average Bonchev–Trinajstić information content (AvgIpc) is 3.34. The number of hydrogen-bond donors (Lipinski definition) is 5. The normalized spacial score (nSPS) is 13.1. The molecule has 15 heteroatoms. The number of benzene rings is 1. The van der Waals surface area contributed by atoms with Gasteiger partial charge >= 0.3 is 6.09 Å². The van der Waals surface area contributed by atoms with E-state index in [0.717, 1.165) is 30.0 Å². The summed E-state index contributed by atoms with van der Waals surface area (Å²) < 4.78 is 4.85. The summed E-state index contributed by atoms with van der Waals surface area (Å²) in [6.45, 7) is 6.77. The first kappa shape index (κ1) is 25.3. The predicted octanol–water partition coefficient (Wildman–Crippen LogP) is 2.77. The minimum Gasteiger partial charge on any atom is -0.449 e. The fraction of sp³-hybridized carbons (Fsp3) is 0.333. The van der Waals surface area contributed by atoms with E-state index in [1.807, 2.05) is 24.0 Å². The number of amides is 2. The first-order chi connectivity index (χ1) is 17.4. The van der Waals surface area contributed by atoms with Crippen LogP contribution in [0.25, 0.3) is 0 Å². The fourth-order valence-electron chi connectivity index (χ4n) is 3.25. The molecule has 1 aliphatic heterocycles. The third-order valence-corrected chi connectivity index (χ3v) is 6.21. The molecule has 1 fully saturated rings. The van der Waals surface area contributed by atoms with E-state index in [2.05, 4.69) is 46.7 Å². The number of nitrogens with one attached hydrogen (secondary N) is 5. The van der Waals surface area contributed by atoms with E-state index in [4.69, 9.17) is 16.3 Å². The summed E-state index contributed by atoms with van der Waals surface area (Å²) in [5.41, 5.74) is 6.41. The lowest BCUT2D eigenvalue weighted by atomic mass is 10.2. The molecule has 2 aromatic heterocycles. The number of rotatable bonds is 8. The standard InChI is InChI=1S/C21H25ClN10O3S/c1-3-35-21(34)31-30-18-26-17(27-19(28-18)32-9-7-23-8-10-32)29-20-24-11-14(36-20)16(33)25-15-12(2)5-4-6-13(15)22/h4-6,11,23H,3,7-10H2,1-2H3,(H,25,33)(H,31,34)(H2,24,26,27,28,29,30). The largest absolute Gasteiger partial charge is 0.449 e. The number of halogens is 1. The van der Waals surface area contributed by atoms with Gasteiger partial charge in [-0.3, -0.25) is 15.5 Å². The lowest BCUT2D eigenvalue weighted by molar-refractivity contribution is 0.103. The minimum absolute atomic E-state index is 0.109. The molecular weight excluding hydrogens is 508 g/mol. The molecule has 0 bridgehead atoms. The molecule has 0 spiro atoms. The van der Waals surface area contributed by atoms with Crippen molar-refractivity contribution >= 4 is 63.6 Å². The van der Waals surface area contributed by atoms with Crippen LogP contribution in [0.4, 0.5) is 33.5 Å². The number of aromatic nitrogens is 4. The van der Waals surface area contributed by atoms with Gasteiger partial charge in [0, 0.05) is 26.2 Å². The first-order valence-corrected chi connectivity index (χ1v) is 12.3. The fourth-order valence-corrected chi connectivity index (χ4v) is 4.23. The number of anilines is 5. The second kappa shape index (κ2) is 11.8. The van der Waals surface area contributed by atoms with Crippen LogP contribution in [0.1, 0.15) is 22.2 Å². The van der Waals surface area contributed by atoms with Crippen LogP contribution in [0.2, 0.25) is 5.02 Å². The van der Waals surface area contributed by atoms with Crippen molar-refractivity contribution < 1.29 is 14.3 Å². The molecule has 1 saturated heterocycles. The highest BCUT2D eigenvalue weighted by atomic mass is 35.5. The van der Waals surface area contributed by atoms with Crippen molar-refractivity contribution in [3.8, 4) is 0 Å². The summed E-state index contributed by atoms with van der Waals surface area (Å²) in [7, 11) is 0. The van der Waals surface area contributed by atoms with Crippen molar-refractivity contribution in [3.63, 3.8) is 0 Å². The van der Waals surface area contributed by atoms with Crippen LogP contribution < -0.4 is 31.7 Å². The number of hydrogen-bond acceptors (Lipinski definition) is 12. The number of ether oxygens (including phenoxy) is 1. The highest BCUT2D eigenvalue weighted by Gasteiger charge is 2.18. The van der Waals surface area contributed by atoms with Crippen molar-refractivity contribution in [2.45, 2.75) is 13.8 Å². The number of piperazine rings is 1. The van der Waals surface area contributed by atoms with Gasteiger partial charge in [0.25, 0.3) is 5.91 Å². The lowest BCUT2D eigenvalue weighted by Crippen LogP contribution is -2.44. The van der Waals surface area contributed by atoms with Crippen LogP contribution in [-0.2, 0) is 4.74 Å². The van der Waals surface area contributed by atoms with Crippen molar-refractivity contribution in [3.05, 3.63) is 39.9 Å². The van der Waals surface area contributed by atoms with Gasteiger partial charge in [-0.25, -0.2) is 15.2 Å². The maximum atomic E-state index is 12.8. The van der Waals surface area contributed by atoms with Gasteiger partial charge in [-0.2, -0.15) is 15.0 Å². The molecule has 0 radical (unpaired) electrons. The average molecular weight is 533 g/mol. The number of nitrogens with zero attached hydrogens (tertiary/aromatic N) is 5. The van der Waals surface area contributed by atoms with Gasteiger partial charge in [-0.15, -0.1) is 0 Å². The summed E-state index contributed by atoms with van der Waals surface area (Å²) in [4.78, 5) is 44.2. The van der Waals surface area contributed by atoms with E-state index in [1.54, 1.807) is 13.0 Å². The zero-order valence-electron chi connectivity index (χ0n) is 19.6. The van der Waals surface area contributed by atoms with Gasteiger partial charge in [0.2, 0.25) is 17.8 Å². The topological polar surface area (TPSA) is 158 Å². The Morgan fingerprint density at radius 1 is 1.19 bits per heavy atom. The number of hydrazine groups is 1. The molecule has 1 aliphatic rings. The first-order valence-electron chi connectivity index (χ1n) is 11.1. The van der Waals surface area contributed by atoms with E-state index >= 15 is 0 Å². The highest BCUT2D eigenvalue weighted by molar-refractivity contribution is 7.17. The van der Waals surface area contributed by atoms with Gasteiger partial charge in [0.15, 0.2) is 5.13 Å². The van der Waals surface area contributed by atoms with Crippen molar-refractivity contribution in [1.29, 1.82) is 0 Å². The van der Waals surface area contributed by atoms with Crippen molar-refractivity contribution in [1.82, 2.24) is 30.7 Å². The molecule has 0 saturated carbocycles. The van der Waals surface area contributed by atoms with Gasteiger partial charge in [0.05, 0.1) is 23.5 Å². The Morgan fingerprint density at radius 2 is 1.97 bits per heavy atom. The van der Waals surface area contributed by atoms with Crippen molar-refractivity contribution in [2.75, 3.05) is 53.7 Å². The molecule has 3 aromatic rings. The molecule has 1 aromatic carbocycles. The van der Waals surface area contributed by atoms with Gasteiger partial charge in [-0.1, -0.05) is 35.1 Å². The third-order valence-electron chi connectivity index (χ3n) is 4.98. The third kappa shape index (κ3) is 6.47. The Hall–Kier alpha value is -3.75. The van der Waals surface area contributed by atoms with E-state index in [9.17, 15) is 9.59 Å². The van der Waals surface area contributed by atoms with Crippen LogP contribution in [0.5, 0.6) is 0 Å². The smallest absolute Gasteiger partial charge is 0.426 e. The summed E-state index contributed by atoms with van der Waals surface area (Å²) in [5, 5.41) is 9.96. The SMILES string of the molecule is CCOC(=O)NNc1nc(Nc2ncc(C(=O)Nc3c(C)cccc3Cl)s2)nc(N2CCNCC2)n1. The lowest BCUT2D eigenvalue weighted by Gasteiger charge is -2.27. The summed E-state index contributed by atoms with van der Waals surface area (Å²) in [6, 6.07) is 5.39. The molecule has 5 N–H and O–H groups in total. The zero-order valence-corrected chi connectivity index (χ0v) is 21.2. The molecule has 3 heterocycles. The Kier molecular flexibility index (Phi) is 8.30. The molecule has 190 valence electrons. The summed E-state index contributed by atoms with van der Waals surface area (Å²) in [5.74, 6) is 0.383. The molecule has 13 nitrogen and oxygen atoms in total. The van der Waals surface area contributed by atoms with Crippen LogP contribution in [0, 0.1) is 6.92 Å². The number of para-hydroxylation sites is 1. The van der Waals surface area contributed by atoms with Crippen LogP contribution in [0.3, 0.4) is 0 Å². The second-order valence-corrected chi connectivity index (χ2v) is 8.97. The monoisotopic (exact) mass is 532 g/mol. The molecule has 4 rings (SSSR count). The Bertz CT molecular complexity index is 1210. The quantitative estimate of drug-likeness (QED) is 0.271. The number of thiazole rings is 1. The maximum Gasteiger partial charge on any atom is 0.426 e. The van der Waals surface area contributed by atoms with E-state index in [-0.39, 0.29) is 24.4 Å². The maximum absolute atomic E-state index is 12.8. The summed E-state index contributed by atoms with van der Waals surface area (Å²) in [6.07, 6.45) is 0.787. The molecular formula is C21H25ClN10O3S. The van der Waals surface area contributed by atoms with Crippen LogP contribution in [-0.4, -0.2) is 64.7 Å². The molecule has 0 atom stereocenters. The Morgan fingerprint density at radius 3 is 2.72 bits per heavy atom. The van der Waals surface area contributed by atoms with Gasteiger partial charge in [-0.05, 0) is 25.5 Å². The Labute approximate surface area is 216 Å². The number of aryl methyl sites for hydroxylation is 1. The van der Waals surface area contributed by atoms with Crippen molar-refractivity contribution in [2.24, 2.45) is 0 Å². The van der Waals surface area contributed by atoms with Crippen LogP contribution in [0.15, 0.2) is 24.4 Å². The molecule has 0 unspecified atom stereocenters. The number of carbonyl (C=O) groups is 2. The van der Waals surface area contributed by atoms with E-state index in [0.29, 0.717) is 39.8 Å². The van der Waals surface area contributed by atoms with Gasteiger partial charge < -0.3 is 20.3 Å². The minimum atomic E-state index is -0.666. The molecule has 0 aliphatic carbocycles. The Balaban J connectivity index is 1.50. The molecule has 36 heavy (non-hydrogen) atoms. The molecule has 2 amide bonds. The van der Waals surface area contributed by atoms with E-state index in [1.165, 1.54) is 6.20 Å². The second-order valence-electron chi connectivity index (χ2n) is 7.53. The predicted molar refractivity (Wildman–Crippen MR) is 138 cm³/mol. The van der Waals surface area contributed by atoms with E-state index < -0.39 is 6.09 Å². The number of carbonyl (C=O) groups excluding carboxylic acids is 2. The summed E-state index contributed by atoms with van der Waals surface area (Å²) >= 11 is 7.35. The van der Waals surface area contributed by atoms with Crippen LogP contribution >= 0.6 is 22.9 Å².